The summed E-state index contributed by atoms with van der Waals surface area (Å²) in [5.74, 6) is -0.132. The number of carbonyl (C=O) groups is 1. The Bertz CT molecular complexity index is 448. The Kier molecular flexibility index (Phi) is 6.73. The normalized spacial score (nSPS) is 14.0. The molecule has 0 amide bonds. The lowest BCUT2D eigenvalue weighted by Crippen LogP contribution is -2.27. The van der Waals surface area contributed by atoms with Crippen LogP contribution in [0.5, 0.6) is 0 Å². The molecule has 0 saturated heterocycles. The Morgan fingerprint density at radius 1 is 1.37 bits per heavy atom. The van der Waals surface area contributed by atoms with E-state index in [9.17, 15) is 9.00 Å². The maximum absolute atomic E-state index is 11.0. The first kappa shape index (κ1) is 15.9. The molecule has 0 spiro atoms. The quantitative estimate of drug-likeness (QED) is 0.760. The Hall–Kier alpha value is -1.20. The molecule has 19 heavy (non-hydrogen) atoms. The van der Waals surface area contributed by atoms with Crippen molar-refractivity contribution >= 4 is 16.8 Å². The largest absolute Gasteiger partial charge is 0.481 e. The van der Waals surface area contributed by atoms with Crippen LogP contribution in [-0.4, -0.2) is 33.3 Å². The van der Waals surface area contributed by atoms with Crippen molar-refractivity contribution in [3.8, 4) is 0 Å². The highest BCUT2D eigenvalue weighted by Gasteiger charge is 2.08. The van der Waals surface area contributed by atoms with Crippen molar-refractivity contribution in [3.05, 3.63) is 35.4 Å². The molecular weight excluding hydrogens is 262 g/mol. The fourth-order valence-electron chi connectivity index (χ4n) is 1.79. The van der Waals surface area contributed by atoms with E-state index in [2.05, 4.69) is 5.32 Å². The summed E-state index contributed by atoms with van der Waals surface area (Å²) in [5.41, 5.74) is 1.85. The highest BCUT2D eigenvalue weighted by molar-refractivity contribution is 7.84. The van der Waals surface area contributed by atoms with Crippen LogP contribution in [0.25, 0.3) is 0 Å². The molecule has 2 unspecified atom stereocenters. The van der Waals surface area contributed by atoms with Gasteiger partial charge in [0.1, 0.15) is 0 Å². The number of hydrogen-bond acceptors (Lipinski definition) is 3. The summed E-state index contributed by atoms with van der Waals surface area (Å²) in [6.07, 6.45) is 2.60. The lowest BCUT2D eigenvalue weighted by atomic mass is 10.0. The van der Waals surface area contributed by atoms with Crippen molar-refractivity contribution < 1.29 is 14.1 Å². The molecule has 5 heteroatoms. The third kappa shape index (κ3) is 6.50. The second kappa shape index (κ2) is 8.07. The molecular formula is C14H21NO3S. The van der Waals surface area contributed by atoms with Gasteiger partial charge in [-0.1, -0.05) is 24.3 Å². The summed E-state index contributed by atoms with van der Waals surface area (Å²) in [6.45, 7) is 2.69. The van der Waals surface area contributed by atoms with Gasteiger partial charge in [0.2, 0.25) is 0 Å². The minimum absolute atomic E-state index is 0.0468. The van der Waals surface area contributed by atoms with Gasteiger partial charge in [0.25, 0.3) is 0 Å². The standard InChI is InChI=1S/C14H21NO3S/c1-11(7-8-19(2)18)15-10-13-6-4-3-5-12(13)9-14(16)17/h3-6,11,15H,7-10H2,1-2H3,(H,16,17). The van der Waals surface area contributed by atoms with E-state index in [1.165, 1.54) is 0 Å². The average molecular weight is 283 g/mol. The van der Waals surface area contributed by atoms with E-state index < -0.39 is 16.8 Å². The van der Waals surface area contributed by atoms with Crippen LogP contribution in [0, 0.1) is 0 Å². The Labute approximate surface area is 116 Å². The van der Waals surface area contributed by atoms with Crippen LogP contribution < -0.4 is 5.32 Å². The van der Waals surface area contributed by atoms with Crippen molar-refractivity contribution in [2.24, 2.45) is 0 Å². The molecule has 106 valence electrons. The lowest BCUT2D eigenvalue weighted by Gasteiger charge is -2.15. The predicted molar refractivity (Wildman–Crippen MR) is 77.6 cm³/mol. The molecule has 0 aromatic heterocycles. The first-order valence-corrected chi connectivity index (χ1v) is 8.03. The van der Waals surface area contributed by atoms with Crippen LogP contribution in [0.4, 0.5) is 0 Å². The Morgan fingerprint density at radius 3 is 2.58 bits per heavy atom. The Morgan fingerprint density at radius 2 is 2.00 bits per heavy atom. The molecule has 0 aliphatic rings. The zero-order valence-electron chi connectivity index (χ0n) is 11.4. The number of aliphatic carboxylic acids is 1. The van der Waals surface area contributed by atoms with E-state index in [0.717, 1.165) is 17.5 Å². The first-order valence-electron chi connectivity index (χ1n) is 6.31. The third-order valence-electron chi connectivity index (χ3n) is 2.94. The molecule has 0 aliphatic heterocycles. The minimum atomic E-state index is -0.818. The molecule has 2 N–H and O–H groups in total. The van der Waals surface area contributed by atoms with E-state index >= 15 is 0 Å². The van der Waals surface area contributed by atoms with Crippen LogP contribution in [0.3, 0.4) is 0 Å². The number of hydrogen-bond donors (Lipinski definition) is 2. The highest BCUT2D eigenvalue weighted by atomic mass is 32.2. The van der Waals surface area contributed by atoms with Gasteiger partial charge in [-0.25, -0.2) is 0 Å². The second-order valence-corrected chi connectivity index (χ2v) is 6.24. The van der Waals surface area contributed by atoms with E-state index in [-0.39, 0.29) is 12.5 Å². The van der Waals surface area contributed by atoms with Crippen LogP contribution in [0.2, 0.25) is 0 Å². The zero-order valence-corrected chi connectivity index (χ0v) is 12.2. The van der Waals surface area contributed by atoms with Gasteiger partial charge < -0.3 is 10.4 Å². The van der Waals surface area contributed by atoms with Crippen molar-refractivity contribution in [3.63, 3.8) is 0 Å². The maximum atomic E-state index is 11.0. The van der Waals surface area contributed by atoms with Crippen LogP contribution in [0.1, 0.15) is 24.5 Å². The van der Waals surface area contributed by atoms with Gasteiger partial charge in [-0.3, -0.25) is 9.00 Å². The Balaban J connectivity index is 2.52. The second-order valence-electron chi connectivity index (χ2n) is 4.69. The van der Waals surface area contributed by atoms with Gasteiger partial charge in [-0.05, 0) is 24.5 Å². The van der Waals surface area contributed by atoms with Crippen LogP contribution >= 0.6 is 0 Å². The summed E-state index contributed by atoms with van der Waals surface area (Å²) in [7, 11) is -0.764. The molecule has 0 heterocycles. The van der Waals surface area contributed by atoms with E-state index in [0.29, 0.717) is 12.3 Å². The minimum Gasteiger partial charge on any atom is -0.481 e. The summed E-state index contributed by atoms with van der Waals surface area (Å²) in [4.78, 5) is 10.8. The molecule has 0 radical (unpaired) electrons. The van der Waals surface area contributed by atoms with E-state index in [1.54, 1.807) is 6.26 Å². The van der Waals surface area contributed by atoms with Crippen LogP contribution in [-0.2, 0) is 28.6 Å². The topological polar surface area (TPSA) is 66.4 Å². The summed E-state index contributed by atoms with van der Waals surface area (Å²) >= 11 is 0. The smallest absolute Gasteiger partial charge is 0.307 e. The van der Waals surface area contributed by atoms with Gasteiger partial charge in [0, 0.05) is 35.4 Å². The monoisotopic (exact) mass is 283 g/mol. The first-order chi connectivity index (χ1) is 8.99. The lowest BCUT2D eigenvalue weighted by molar-refractivity contribution is -0.136. The maximum Gasteiger partial charge on any atom is 0.307 e. The zero-order chi connectivity index (χ0) is 14.3. The summed E-state index contributed by atoms with van der Waals surface area (Å²) < 4.78 is 11.0. The molecule has 0 bridgehead atoms. The molecule has 1 aromatic carbocycles. The SMILES string of the molecule is CC(CCS(C)=O)NCc1ccccc1CC(=O)O. The number of rotatable bonds is 8. The molecule has 4 nitrogen and oxygen atoms in total. The molecule has 2 atom stereocenters. The van der Waals surface area contributed by atoms with Crippen molar-refractivity contribution in [1.82, 2.24) is 5.32 Å². The molecule has 1 rings (SSSR count). The van der Waals surface area contributed by atoms with Gasteiger partial charge >= 0.3 is 5.97 Å². The number of carboxylic acids is 1. The summed E-state index contributed by atoms with van der Waals surface area (Å²) in [5, 5.41) is 12.2. The van der Waals surface area contributed by atoms with Gasteiger partial charge in [0.15, 0.2) is 0 Å². The van der Waals surface area contributed by atoms with E-state index in [1.807, 2.05) is 31.2 Å². The fraction of sp³-hybridized carbons (Fsp3) is 0.500. The number of nitrogens with one attached hydrogen (secondary N) is 1. The number of benzene rings is 1. The average Bonchev–Trinajstić information content (AvgIpc) is 2.34. The van der Waals surface area contributed by atoms with Gasteiger partial charge in [0.05, 0.1) is 6.42 Å². The number of carboxylic acid groups (broad SMARTS) is 1. The van der Waals surface area contributed by atoms with E-state index in [4.69, 9.17) is 5.11 Å². The van der Waals surface area contributed by atoms with Gasteiger partial charge in [-0.15, -0.1) is 0 Å². The van der Waals surface area contributed by atoms with Crippen molar-refractivity contribution in [2.45, 2.75) is 32.4 Å². The van der Waals surface area contributed by atoms with Crippen LogP contribution in [0.15, 0.2) is 24.3 Å². The summed E-state index contributed by atoms with van der Waals surface area (Å²) in [6, 6.07) is 7.81. The molecule has 0 fully saturated rings. The van der Waals surface area contributed by atoms with Crippen molar-refractivity contribution in [1.29, 1.82) is 0 Å². The third-order valence-corrected chi connectivity index (χ3v) is 3.75. The molecule has 0 saturated carbocycles. The van der Waals surface area contributed by atoms with Gasteiger partial charge in [-0.2, -0.15) is 0 Å². The molecule has 1 aromatic rings. The fourth-order valence-corrected chi connectivity index (χ4v) is 2.48. The van der Waals surface area contributed by atoms with Crippen molar-refractivity contribution in [2.75, 3.05) is 12.0 Å². The highest BCUT2D eigenvalue weighted by Crippen LogP contribution is 2.10. The predicted octanol–water partition coefficient (Wildman–Crippen LogP) is 1.56. The molecule has 0 aliphatic carbocycles.